The molecule has 1 aromatic heterocycles. The van der Waals surface area contributed by atoms with Gasteiger partial charge in [0.15, 0.2) is 0 Å². The highest BCUT2D eigenvalue weighted by atomic mass is 14.8. The second-order valence-electron chi connectivity index (χ2n) is 4.77. The summed E-state index contributed by atoms with van der Waals surface area (Å²) in [6.45, 7) is 0. The molecule has 0 aliphatic heterocycles. The van der Waals surface area contributed by atoms with Crippen LogP contribution in [0.3, 0.4) is 0 Å². The van der Waals surface area contributed by atoms with E-state index >= 15 is 0 Å². The smallest absolute Gasteiger partial charge is 0.0937 e. The van der Waals surface area contributed by atoms with E-state index in [0.717, 1.165) is 29.4 Å². The minimum atomic E-state index is -0.0364. The molecule has 2 aromatic rings. The van der Waals surface area contributed by atoms with Crippen LogP contribution in [-0.2, 0) is 0 Å². The van der Waals surface area contributed by atoms with Crippen LogP contribution in [-0.4, -0.2) is 9.97 Å². The fourth-order valence-electron chi connectivity index (χ4n) is 2.61. The molecule has 2 N–H and O–H groups in total. The Morgan fingerprint density at radius 3 is 2.83 bits per heavy atom. The van der Waals surface area contributed by atoms with Gasteiger partial charge < -0.3 is 5.73 Å². The molecule has 92 valence electrons. The van der Waals surface area contributed by atoms with E-state index in [9.17, 15) is 0 Å². The average Bonchev–Trinajstić information content (AvgIpc) is 2.47. The van der Waals surface area contributed by atoms with E-state index in [0.29, 0.717) is 0 Å². The third-order valence-electron chi connectivity index (χ3n) is 3.59. The average molecular weight is 239 g/mol. The first-order chi connectivity index (χ1) is 8.86. The van der Waals surface area contributed by atoms with E-state index in [1.54, 1.807) is 12.4 Å². The highest BCUT2D eigenvalue weighted by Crippen LogP contribution is 2.30. The molecule has 18 heavy (non-hydrogen) atoms. The Kier molecular flexibility index (Phi) is 3.07. The summed E-state index contributed by atoms with van der Waals surface area (Å²) >= 11 is 0. The molecule has 3 nitrogen and oxygen atoms in total. The number of hydrogen-bond donors (Lipinski definition) is 1. The van der Waals surface area contributed by atoms with Crippen molar-refractivity contribution >= 4 is 11.0 Å². The molecule has 1 heterocycles. The molecule has 0 amide bonds. The lowest BCUT2D eigenvalue weighted by Crippen LogP contribution is -2.15. The Morgan fingerprint density at radius 2 is 2.00 bits per heavy atom. The van der Waals surface area contributed by atoms with Crippen molar-refractivity contribution in [2.24, 2.45) is 5.73 Å². The van der Waals surface area contributed by atoms with Crippen LogP contribution in [0.1, 0.15) is 37.3 Å². The van der Waals surface area contributed by atoms with Crippen LogP contribution in [0.4, 0.5) is 0 Å². The summed E-state index contributed by atoms with van der Waals surface area (Å²) in [4.78, 5) is 8.76. The van der Waals surface area contributed by atoms with Crippen molar-refractivity contribution in [3.05, 3.63) is 47.8 Å². The van der Waals surface area contributed by atoms with Crippen molar-refractivity contribution in [1.29, 1.82) is 0 Å². The largest absolute Gasteiger partial charge is 0.320 e. The zero-order valence-corrected chi connectivity index (χ0v) is 10.3. The van der Waals surface area contributed by atoms with E-state index in [1.165, 1.54) is 18.4 Å². The normalized spacial score (nSPS) is 17.5. The molecular weight excluding hydrogens is 222 g/mol. The molecule has 3 heteroatoms. The van der Waals surface area contributed by atoms with Crippen LogP contribution < -0.4 is 5.73 Å². The van der Waals surface area contributed by atoms with Gasteiger partial charge in [-0.2, -0.15) is 0 Å². The maximum atomic E-state index is 6.40. The molecule has 0 saturated carbocycles. The number of benzene rings is 1. The molecule has 0 spiro atoms. The minimum absolute atomic E-state index is 0.0364. The van der Waals surface area contributed by atoms with Crippen LogP contribution in [0, 0.1) is 0 Å². The van der Waals surface area contributed by atoms with Crippen molar-refractivity contribution in [2.45, 2.75) is 31.7 Å². The lowest BCUT2D eigenvalue weighted by atomic mass is 9.90. The van der Waals surface area contributed by atoms with Gasteiger partial charge in [0.1, 0.15) is 0 Å². The first-order valence-electron chi connectivity index (χ1n) is 6.50. The minimum Gasteiger partial charge on any atom is -0.320 e. The summed E-state index contributed by atoms with van der Waals surface area (Å²) in [5.74, 6) is 0. The quantitative estimate of drug-likeness (QED) is 0.819. The molecule has 1 aliphatic carbocycles. The van der Waals surface area contributed by atoms with Gasteiger partial charge in [0.2, 0.25) is 0 Å². The predicted octanol–water partition coefficient (Wildman–Crippen LogP) is 3.13. The SMILES string of the molecule is NC(C1=CCCCC1)c1cccc2nccnc12. The van der Waals surface area contributed by atoms with Crippen molar-refractivity contribution in [2.75, 3.05) is 0 Å². The number of rotatable bonds is 2. The number of para-hydroxylation sites is 1. The maximum Gasteiger partial charge on any atom is 0.0937 e. The summed E-state index contributed by atoms with van der Waals surface area (Å²) in [6.07, 6.45) is 10.5. The number of allylic oxidation sites excluding steroid dienone is 1. The zero-order valence-electron chi connectivity index (χ0n) is 10.3. The summed E-state index contributed by atoms with van der Waals surface area (Å²) in [6, 6.07) is 6.02. The van der Waals surface area contributed by atoms with Crippen LogP contribution in [0.25, 0.3) is 11.0 Å². The van der Waals surface area contributed by atoms with Crippen molar-refractivity contribution in [3.63, 3.8) is 0 Å². The Morgan fingerprint density at radius 1 is 1.11 bits per heavy atom. The van der Waals surface area contributed by atoms with Gasteiger partial charge in [-0.3, -0.25) is 9.97 Å². The van der Waals surface area contributed by atoms with Gasteiger partial charge in [-0.1, -0.05) is 23.8 Å². The Bertz CT molecular complexity index is 584. The van der Waals surface area contributed by atoms with Crippen molar-refractivity contribution in [3.8, 4) is 0 Å². The number of nitrogens with two attached hydrogens (primary N) is 1. The molecule has 0 bridgehead atoms. The number of aromatic nitrogens is 2. The maximum absolute atomic E-state index is 6.40. The molecule has 1 aromatic carbocycles. The lowest BCUT2D eigenvalue weighted by molar-refractivity contribution is 0.649. The van der Waals surface area contributed by atoms with Crippen LogP contribution >= 0.6 is 0 Å². The first kappa shape index (κ1) is 11.4. The second-order valence-corrected chi connectivity index (χ2v) is 4.77. The fraction of sp³-hybridized carbons (Fsp3) is 0.333. The third kappa shape index (κ3) is 2.02. The molecule has 0 radical (unpaired) electrons. The van der Waals surface area contributed by atoms with E-state index in [4.69, 9.17) is 5.73 Å². The van der Waals surface area contributed by atoms with Gasteiger partial charge in [0, 0.05) is 18.0 Å². The fourth-order valence-corrected chi connectivity index (χ4v) is 2.61. The van der Waals surface area contributed by atoms with Crippen LogP contribution in [0.5, 0.6) is 0 Å². The second kappa shape index (κ2) is 4.86. The highest BCUT2D eigenvalue weighted by Gasteiger charge is 2.16. The summed E-state index contributed by atoms with van der Waals surface area (Å²) in [7, 11) is 0. The molecular formula is C15H17N3. The van der Waals surface area contributed by atoms with Gasteiger partial charge in [0.05, 0.1) is 17.1 Å². The number of nitrogens with zero attached hydrogens (tertiary/aromatic N) is 2. The van der Waals surface area contributed by atoms with Crippen molar-refractivity contribution in [1.82, 2.24) is 9.97 Å². The van der Waals surface area contributed by atoms with E-state index in [2.05, 4.69) is 22.1 Å². The first-order valence-corrected chi connectivity index (χ1v) is 6.50. The molecule has 1 atom stereocenters. The van der Waals surface area contributed by atoms with Gasteiger partial charge in [-0.25, -0.2) is 0 Å². The van der Waals surface area contributed by atoms with E-state index in [1.807, 2.05) is 12.1 Å². The Labute approximate surface area is 107 Å². The predicted molar refractivity (Wildman–Crippen MR) is 73.0 cm³/mol. The lowest BCUT2D eigenvalue weighted by Gasteiger charge is -2.20. The van der Waals surface area contributed by atoms with Gasteiger partial charge in [0.25, 0.3) is 0 Å². The van der Waals surface area contributed by atoms with Crippen molar-refractivity contribution < 1.29 is 0 Å². The summed E-state index contributed by atoms with van der Waals surface area (Å²) in [5.41, 5.74) is 10.7. The highest BCUT2D eigenvalue weighted by molar-refractivity contribution is 5.78. The number of fused-ring (bicyclic) bond motifs is 1. The Hall–Kier alpha value is -1.74. The zero-order chi connectivity index (χ0) is 12.4. The standard InChI is InChI=1S/C15H17N3/c16-14(11-5-2-1-3-6-11)12-7-4-8-13-15(12)18-10-9-17-13/h4-5,7-10,14H,1-3,6,16H2. The Balaban J connectivity index is 2.05. The number of hydrogen-bond acceptors (Lipinski definition) is 3. The molecule has 0 fully saturated rings. The van der Waals surface area contributed by atoms with Gasteiger partial charge >= 0.3 is 0 Å². The van der Waals surface area contributed by atoms with Gasteiger partial charge in [-0.15, -0.1) is 0 Å². The summed E-state index contributed by atoms with van der Waals surface area (Å²) < 4.78 is 0. The van der Waals surface area contributed by atoms with E-state index in [-0.39, 0.29) is 6.04 Å². The molecule has 1 aliphatic rings. The van der Waals surface area contributed by atoms with E-state index < -0.39 is 0 Å². The monoisotopic (exact) mass is 239 g/mol. The third-order valence-corrected chi connectivity index (χ3v) is 3.59. The van der Waals surface area contributed by atoms with Crippen LogP contribution in [0.15, 0.2) is 42.2 Å². The molecule has 1 unspecified atom stereocenters. The molecule has 0 saturated heterocycles. The summed E-state index contributed by atoms with van der Waals surface area (Å²) in [5, 5.41) is 0. The van der Waals surface area contributed by atoms with Gasteiger partial charge in [-0.05, 0) is 31.7 Å². The molecule has 3 rings (SSSR count). The van der Waals surface area contributed by atoms with Crippen LogP contribution in [0.2, 0.25) is 0 Å². The topological polar surface area (TPSA) is 51.8 Å².